The lowest BCUT2D eigenvalue weighted by atomic mass is 10.1. The minimum Gasteiger partial charge on any atom is -0.497 e. The maximum atomic E-state index is 12.1. The van der Waals surface area contributed by atoms with Crippen molar-refractivity contribution in [3.8, 4) is 5.75 Å². The molecule has 19 heavy (non-hydrogen) atoms. The molecule has 5 nitrogen and oxygen atoms in total. The number of rotatable bonds is 4. The number of nitrogens with zero attached hydrogens (tertiary/aromatic N) is 1. The van der Waals surface area contributed by atoms with Crippen molar-refractivity contribution in [2.24, 2.45) is 0 Å². The molecule has 0 bridgehead atoms. The number of aliphatic hydroxyl groups excluding tert-OH is 1. The Labute approximate surface area is 111 Å². The van der Waals surface area contributed by atoms with Crippen molar-refractivity contribution in [1.82, 2.24) is 10.3 Å². The number of carbonyl (C=O) groups excluding carboxylic acids is 1. The zero-order valence-corrected chi connectivity index (χ0v) is 10.9. The number of aromatic nitrogens is 1. The molecule has 0 aliphatic heterocycles. The first-order valence-electron chi connectivity index (χ1n) is 6.00. The van der Waals surface area contributed by atoms with Crippen molar-refractivity contribution in [2.75, 3.05) is 20.3 Å². The maximum Gasteiger partial charge on any atom is 0.252 e. The van der Waals surface area contributed by atoms with E-state index in [0.717, 1.165) is 16.6 Å². The van der Waals surface area contributed by atoms with E-state index in [2.05, 4.69) is 10.3 Å². The largest absolute Gasteiger partial charge is 0.497 e. The van der Waals surface area contributed by atoms with Crippen LogP contribution in [0.2, 0.25) is 0 Å². The van der Waals surface area contributed by atoms with E-state index < -0.39 is 0 Å². The first kappa shape index (κ1) is 13.3. The topological polar surface area (TPSA) is 71.5 Å². The number of carbonyl (C=O) groups is 1. The standard InChI is InChI=1S/C14H16N2O3/c1-9-7-12(14(18)15-5-6-17)11-8-10(19-2)3-4-13(11)16-9/h3-4,7-8,17H,5-6H2,1-2H3,(H,15,18). The van der Waals surface area contributed by atoms with Crippen molar-refractivity contribution in [3.63, 3.8) is 0 Å². The third kappa shape index (κ3) is 2.82. The van der Waals surface area contributed by atoms with E-state index in [-0.39, 0.29) is 19.1 Å². The van der Waals surface area contributed by atoms with Gasteiger partial charge < -0.3 is 15.2 Å². The molecule has 0 unspecified atom stereocenters. The molecule has 0 atom stereocenters. The first-order valence-corrected chi connectivity index (χ1v) is 6.00. The second kappa shape index (κ2) is 5.67. The van der Waals surface area contributed by atoms with Crippen LogP contribution in [0.25, 0.3) is 10.9 Å². The van der Waals surface area contributed by atoms with Gasteiger partial charge in [0.05, 0.1) is 24.8 Å². The van der Waals surface area contributed by atoms with Gasteiger partial charge in [0.25, 0.3) is 5.91 Å². The van der Waals surface area contributed by atoms with Crippen LogP contribution in [0, 0.1) is 6.92 Å². The molecule has 0 radical (unpaired) electrons. The van der Waals surface area contributed by atoms with E-state index in [0.29, 0.717) is 11.3 Å². The fourth-order valence-electron chi connectivity index (χ4n) is 1.92. The number of aliphatic hydroxyl groups is 1. The molecular weight excluding hydrogens is 244 g/mol. The number of amides is 1. The molecule has 2 aromatic rings. The molecule has 2 N–H and O–H groups in total. The van der Waals surface area contributed by atoms with Crippen LogP contribution in [0.1, 0.15) is 16.1 Å². The van der Waals surface area contributed by atoms with Gasteiger partial charge in [-0.25, -0.2) is 0 Å². The summed E-state index contributed by atoms with van der Waals surface area (Å²) < 4.78 is 5.17. The monoisotopic (exact) mass is 260 g/mol. The highest BCUT2D eigenvalue weighted by Crippen LogP contribution is 2.23. The summed E-state index contributed by atoms with van der Waals surface area (Å²) >= 11 is 0. The Hall–Kier alpha value is -2.14. The SMILES string of the molecule is COc1ccc2nc(C)cc(C(=O)NCCO)c2c1. The summed E-state index contributed by atoms with van der Waals surface area (Å²) in [5.41, 5.74) is 2.05. The molecule has 100 valence electrons. The van der Waals surface area contributed by atoms with Gasteiger partial charge in [0.1, 0.15) is 5.75 Å². The zero-order chi connectivity index (χ0) is 13.8. The van der Waals surface area contributed by atoms with E-state index in [4.69, 9.17) is 9.84 Å². The van der Waals surface area contributed by atoms with Crippen LogP contribution in [0.5, 0.6) is 5.75 Å². The predicted molar refractivity (Wildman–Crippen MR) is 72.5 cm³/mol. The normalized spacial score (nSPS) is 10.5. The second-order valence-electron chi connectivity index (χ2n) is 4.17. The first-order chi connectivity index (χ1) is 9.15. The van der Waals surface area contributed by atoms with Gasteiger partial charge in [-0.3, -0.25) is 9.78 Å². The maximum absolute atomic E-state index is 12.1. The lowest BCUT2D eigenvalue weighted by Gasteiger charge is -2.09. The number of benzene rings is 1. The van der Waals surface area contributed by atoms with Crippen LogP contribution in [-0.4, -0.2) is 36.3 Å². The number of pyridine rings is 1. The number of hydrogen-bond acceptors (Lipinski definition) is 4. The summed E-state index contributed by atoms with van der Waals surface area (Å²) in [6.07, 6.45) is 0. The minimum atomic E-state index is -0.224. The van der Waals surface area contributed by atoms with Gasteiger partial charge in [0.2, 0.25) is 0 Å². The summed E-state index contributed by atoms with van der Waals surface area (Å²) in [4.78, 5) is 16.5. The summed E-state index contributed by atoms with van der Waals surface area (Å²) in [5, 5.41) is 12.1. The van der Waals surface area contributed by atoms with Gasteiger partial charge in [0.15, 0.2) is 0 Å². The van der Waals surface area contributed by atoms with E-state index in [1.54, 1.807) is 19.2 Å². The minimum absolute atomic E-state index is 0.0863. The molecule has 2 rings (SSSR count). The van der Waals surface area contributed by atoms with Crippen LogP contribution in [0.3, 0.4) is 0 Å². The molecular formula is C14H16N2O3. The Balaban J connectivity index is 2.53. The second-order valence-corrected chi connectivity index (χ2v) is 4.17. The quantitative estimate of drug-likeness (QED) is 0.868. The van der Waals surface area contributed by atoms with Crippen molar-refractivity contribution in [1.29, 1.82) is 0 Å². The van der Waals surface area contributed by atoms with Gasteiger partial charge in [0, 0.05) is 17.6 Å². The van der Waals surface area contributed by atoms with Crippen LogP contribution in [0.15, 0.2) is 24.3 Å². The summed E-state index contributed by atoms with van der Waals surface area (Å²) in [6, 6.07) is 7.15. The van der Waals surface area contributed by atoms with Crippen LogP contribution < -0.4 is 10.1 Å². The van der Waals surface area contributed by atoms with Gasteiger partial charge in [-0.1, -0.05) is 0 Å². The highest BCUT2D eigenvalue weighted by molar-refractivity contribution is 6.06. The average molecular weight is 260 g/mol. The Morgan fingerprint density at radius 2 is 2.21 bits per heavy atom. The number of aryl methyl sites for hydroxylation is 1. The summed E-state index contributed by atoms with van der Waals surface area (Å²) in [7, 11) is 1.58. The Morgan fingerprint density at radius 1 is 1.42 bits per heavy atom. The molecule has 1 amide bonds. The highest BCUT2D eigenvalue weighted by Gasteiger charge is 2.12. The van der Waals surface area contributed by atoms with Crippen molar-refractivity contribution in [3.05, 3.63) is 35.5 Å². The number of fused-ring (bicyclic) bond motifs is 1. The molecule has 1 aromatic carbocycles. The molecule has 0 fully saturated rings. The van der Waals surface area contributed by atoms with Gasteiger partial charge in [-0.2, -0.15) is 0 Å². The molecule has 5 heteroatoms. The fraction of sp³-hybridized carbons (Fsp3) is 0.286. The third-order valence-corrected chi connectivity index (χ3v) is 2.79. The van der Waals surface area contributed by atoms with Gasteiger partial charge in [-0.15, -0.1) is 0 Å². The van der Waals surface area contributed by atoms with Crippen LogP contribution in [0.4, 0.5) is 0 Å². The van der Waals surface area contributed by atoms with E-state index in [9.17, 15) is 4.79 Å². The zero-order valence-electron chi connectivity index (χ0n) is 10.9. The average Bonchev–Trinajstić information content (AvgIpc) is 2.43. The molecule has 1 aromatic heterocycles. The summed E-state index contributed by atoms with van der Waals surface area (Å²) in [5.74, 6) is 0.451. The van der Waals surface area contributed by atoms with Crippen LogP contribution >= 0.6 is 0 Å². The van der Waals surface area contributed by atoms with Gasteiger partial charge in [-0.05, 0) is 31.2 Å². The number of ether oxygens (including phenoxy) is 1. The van der Waals surface area contributed by atoms with Crippen molar-refractivity contribution in [2.45, 2.75) is 6.92 Å². The molecule has 1 heterocycles. The van der Waals surface area contributed by atoms with E-state index >= 15 is 0 Å². The fourth-order valence-corrected chi connectivity index (χ4v) is 1.92. The lowest BCUT2D eigenvalue weighted by Crippen LogP contribution is -2.26. The van der Waals surface area contributed by atoms with Crippen molar-refractivity contribution < 1.29 is 14.6 Å². The Kier molecular flexibility index (Phi) is 3.97. The molecule has 0 aliphatic carbocycles. The van der Waals surface area contributed by atoms with Crippen LogP contribution in [-0.2, 0) is 0 Å². The Morgan fingerprint density at radius 3 is 2.89 bits per heavy atom. The molecule has 0 spiro atoms. The third-order valence-electron chi connectivity index (χ3n) is 2.79. The smallest absolute Gasteiger partial charge is 0.252 e. The van der Waals surface area contributed by atoms with Crippen molar-refractivity contribution >= 4 is 16.8 Å². The Bertz CT molecular complexity index is 611. The highest BCUT2D eigenvalue weighted by atomic mass is 16.5. The molecule has 0 saturated carbocycles. The number of nitrogens with one attached hydrogen (secondary N) is 1. The molecule has 0 saturated heterocycles. The van der Waals surface area contributed by atoms with E-state index in [1.807, 2.05) is 19.1 Å². The lowest BCUT2D eigenvalue weighted by molar-refractivity contribution is 0.0946. The predicted octanol–water partition coefficient (Wildman–Crippen LogP) is 1.27. The van der Waals surface area contributed by atoms with Gasteiger partial charge >= 0.3 is 0 Å². The number of methoxy groups -OCH3 is 1. The molecule has 0 aliphatic rings. The van der Waals surface area contributed by atoms with E-state index in [1.165, 1.54) is 0 Å². The summed E-state index contributed by atoms with van der Waals surface area (Å²) in [6.45, 7) is 1.98. The number of hydrogen-bond donors (Lipinski definition) is 2.